The van der Waals surface area contributed by atoms with Crippen molar-refractivity contribution in [2.45, 2.75) is 11.8 Å². The van der Waals surface area contributed by atoms with Crippen LogP contribution in [0.2, 0.25) is 5.02 Å². The molecule has 0 aliphatic carbocycles. The quantitative estimate of drug-likeness (QED) is 0.459. The maximum absolute atomic E-state index is 13.9. The summed E-state index contributed by atoms with van der Waals surface area (Å²) in [4.78, 5) is 19.0. The minimum absolute atomic E-state index is 0.0927. The van der Waals surface area contributed by atoms with Gasteiger partial charge in [-0.25, -0.2) is 9.37 Å². The molecule has 3 aromatic rings. The average Bonchev–Trinajstić information content (AvgIpc) is 2.72. The van der Waals surface area contributed by atoms with Gasteiger partial charge in [0.1, 0.15) is 24.1 Å². The summed E-state index contributed by atoms with van der Waals surface area (Å²) in [7, 11) is 1.45. The molecule has 0 atom stereocenters. The zero-order valence-corrected chi connectivity index (χ0v) is 17.0. The van der Waals surface area contributed by atoms with Crippen LogP contribution < -0.4 is 15.0 Å². The predicted octanol–water partition coefficient (Wildman–Crippen LogP) is 4.41. The van der Waals surface area contributed by atoms with Gasteiger partial charge in [-0.3, -0.25) is 4.79 Å². The Morgan fingerprint density at radius 3 is 2.76 bits per heavy atom. The van der Waals surface area contributed by atoms with Crippen molar-refractivity contribution in [1.29, 1.82) is 5.26 Å². The number of nitrogens with one attached hydrogen (secondary N) is 1. The Balaban J connectivity index is 1.97. The second-order valence-corrected chi connectivity index (χ2v) is 6.97. The van der Waals surface area contributed by atoms with Crippen molar-refractivity contribution >= 4 is 23.4 Å². The number of hydrogen-bond donors (Lipinski definition) is 1. The van der Waals surface area contributed by atoms with E-state index in [1.165, 1.54) is 31.0 Å². The summed E-state index contributed by atoms with van der Waals surface area (Å²) in [5.74, 6) is 0.222. The highest BCUT2D eigenvalue weighted by Crippen LogP contribution is 2.34. The van der Waals surface area contributed by atoms with Crippen LogP contribution in [-0.4, -0.2) is 23.3 Å². The van der Waals surface area contributed by atoms with Gasteiger partial charge in [0, 0.05) is 11.1 Å². The number of thioether (sulfide) groups is 1. The highest BCUT2D eigenvalue weighted by Gasteiger charge is 2.16. The van der Waals surface area contributed by atoms with Crippen LogP contribution in [0.1, 0.15) is 11.1 Å². The van der Waals surface area contributed by atoms with Gasteiger partial charge in [-0.2, -0.15) is 5.26 Å². The molecule has 6 nitrogen and oxygen atoms in total. The molecule has 2 aromatic carbocycles. The SMILES string of the molecule is COc1cc(-c2nc(SC)[nH]c(=O)c2C#N)ccc1OCc1c(F)cccc1Cl. The molecule has 9 heteroatoms. The van der Waals surface area contributed by atoms with Crippen molar-refractivity contribution in [3.63, 3.8) is 0 Å². The number of ether oxygens (including phenoxy) is 2. The van der Waals surface area contributed by atoms with E-state index in [9.17, 15) is 14.4 Å². The Morgan fingerprint density at radius 1 is 1.31 bits per heavy atom. The number of methoxy groups -OCH3 is 1. The fourth-order valence-corrected chi connectivity index (χ4v) is 3.21. The summed E-state index contributed by atoms with van der Waals surface area (Å²) in [5.41, 5.74) is 0.360. The highest BCUT2D eigenvalue weighted by molar-refractivity contribution is 7.98. The van der Waals surface area contributed by atoms with Crippen LogP contribution in [0.4, 0.5) is 4.39 Å². The van der Waals surface area contributed by atoms with Crippen molar-refractivity contribution in [2.24, 2.45) is 0 Å². The van der Waals surface area contributed by atoms with E-state index in [1.54, 1.807) is 30.5 Å². The zero-order chi connectivity index (χ0) is 21.0. The molecule has 1 heterocycles. The number of halogens is 2. The Hall–Kier alpha value is -3.02. The third-order valence-corrected chi connectivity index (χ3v) is 5.01. The van der Waals surface area contributed by atoms with Gasteiger partial charge in [-0.15, -0.1) is 0 Å². The van der Waals surface area contributed by atoms with E-state index in [1.807, 2.05) is 6.07 Å². The van der Waals surface area contributed by atoms with E-state index in [0.717, 1.165) is 0 Å². The number of aromatic nitrogens is 2. The van der Waals surface area contributed by atoms with Gasteiger partial charge in [0.15, 0.2) is 16.7 Å². The first kappa shape index (κ1) is 20.7. The summed E-state index contributed by atoms with van der Waals surface area (Å²) in [6.07, 6.45) is 1.76. The first-order valence-corrected chi connectivity index (χ1v) is 9.91. The van der Waals surface area contributed by atoms with Gasteiger partial charge in [0.25, 0.3) is 5.56 Å². The van der Waals surface area contributed by atoms with Crippen LogP contribution in [0.25, 0.3) is 11.3 Å². The molecule has 0 bridgehead atoms. The van der Waals surface area contributed by atoms with Crippen LogP contribution in [-0.2, 0) is 6.61 Å². The lowest BCUT2D eigenvalue weighted by Gasteiger charge is -2.13. The van der Waals surface area contributed by atoms with E-state index in [2.05, 4.69) is 9.97 Å². The summed E-state index contributed by atoms with van der Waals surface area (Å²) >= 11 is 7.28. The number of rotatable bonds is 6. The standard InChI is InChI=1S/C20H15ClFN3O3S/c1-27-17-8-11(18-12(9-23)19(26)25-20(24-18)29-2)6-7-16(17)28-10-13-14(21)4-3-5-15(13)22/h3-8H,10H2,1-2H3,(H,24,25,26). The number of H-pyrrole nitrogens is 1. The van der Waals surface area contributed by atoms with Gasteiger partial charge in [-0.1, -0.05) is 29.4 Å². The fourth-order valence-electron chi connectivity index (χ4n) is 2.62. The van der Waals surface area contributed by atoms with Crippen molar-refractivity contribution in [3.8, 4) is 28.8 Å². The number of aromatic amines is 1. The van der Waals surface area contributed by atoms with E-state index in [0.29, 0.717) is 22.2 Å². The first-order chi connectivity index (χ1) is 14.0. The summed E-state index contributed by atoms with van der Waals surface area (Å²) in [6.45, 7) is -0.0927. The molecule has 0 radical (unpaired) electrons. The van der Waals surface area contributed by atoms with Gasteiger partial charge in [0.05, 0.1) is 17.8 Å². The number of nitriles is 1. The largest absolute Gasteiger partial charge is 0.493 e. The Labute approximate surface area is 175 Å². The summed E-state index contributed by atoms with van der Waals surface area (Å²) in [5, 5.41) is 9.99. The third kappa shape index (κ3) is 4.36. The molecule has 0 aliphatic heterocycles. The molecular weight excluding hydrogens is 417 g/mol. The minimum Gasteiger partial charge on any atom is -0.493 e. The van der Waals surface area contributed by atoms with Crippen LogP contribution >= 0.6 is 23.4 Å². The Kier molecular flexibility index (Phi) is 6.42. The molecule has 3 rings (SSSR count). The first-order valence-electron chi connectivity index (χ1n) is 8.31. The normalized spacial score (nSPS) is 10.4. The molecule has 0 fully saturated rings. The average molecular weight is 432 g/mol. The lowest BCUT2D eigenvalue weighted by molar-refractivity contribution is 0.280. The van der Waals surface area contributed by atoms with Crippen molar-refractivity contribution in [3.05, 3.63) is 68.7 Å². The molecule has 0 amide bonds. The minimum atomic E-state index is -0.518. The lowest BCUT2D eigenvalue weighted by atomic mass is 10.1. The maximum Gasteiger partial charge on any atom is 0.270 e. The molecular formula is C20H15ClFN3O3S. The Morgan fingerprint density at radius 2 is 2.10 bits per heavy atom. The predicted molar refractivity (Wildman–Crippen MR) is 109 cm³/mol. The maximum atomic E-state index is 13.9. The van der Waals surface area contributed by atoms with Crippen LogP contribution in [0.3, 0.4) is 0 Å². The fraction of sp³-hybridized carbons (Fsp3) is 0.150. The van der Waals surface area contributed by atoms with Crippen LogP contribution in [0.5, 0.6) is 11.5 Å². The van der Waals surface area contributed by atoms with E-state index >= 15 is 0 Å². The smallest absolute Gasteiger partial charge is 0.270 e. The second kappa shape index (κ2) is 8.99. The molecule has 0 saturated heterocycles. The number of nitrogens with zero attached hydrogens (tertiary/aromatic N) is 2. The molecule has 1 N–H and O–H groups in total. The van der Waals surface area contributed by atoms with Crippen LogP contribution in [0.15, 0.2) is 46.3 Å². The lowest BCUT2D eigenvalue weighted by Crippen LogP contribution is -2.14. The van der Waals surface area contributed by atoms with Crippen LogP contribution in [0, 0.1) is 17.1 Å². The zero-order valence-electron chi connectivity index (χ0n) is 15.5. The highest BCUT2D eigenvalue weighted by atomic mass is 35.5. The molecule has 29 heavy (non-hydrogen) atoms. The summed E-state index contributed by atoms with van der Waals surface area (Å²) in [6, 6.07) is 11.1. The molecule has 0 spiro atoms. The van der Waals surface area contributed by atoms with Crippen molar-refractivity contribution in [2.75, 3.05) is 13.4 Å². The van der Waals surface area contributed by atoms with E-state index in [-0.39, 0.29) is 28.5 Å². The molecule has 0 aliphatic rings. The van der Waals surface area contributed by atoms with Gasteiger partial charge in [-0.05, 0) is 36.6 Å². The van der Waals surface area contributed by atoms with Gasteiger partial charge < -0.3 is 14.5 Å². The number of hydrogen-bond acceptors (Lipinski definition) is 6. The topological polar surface area (TPSA) is 88.0 Å². The number of benzene rings is 2. The second-order valence-electron chi connectivity index (χ2n) is 5.77. The summed E-state index contributed by atoms with van der Waals surface area (Å²) < 4.78 is 25.0. The molecule has 0 unspecified atom stereocenters. The molecule has 0 saturated carbocycles. The van der Waals surface area contributed by atoms with E-state index in [4.69, 9.17) is 21.1 Å². The Bertz CT molecular complexity index is 1140. The third-order valence-electron chi connectivity index (χ3n) is 4.07. The van der Waals surface area contributed by atoms with E-state index < -0.39 is 11.4 Å². The monoisotopic (exact) mass is 431 g/mol. The van der Waals surface area contributed by atoms with Crippen molar-refractivity contribution in [1.82, 2.24) is 9.97 Å². The van der Waals surface area contributed by atoms with Gasteiger partial charge >= 0.3 is 0 Å². The molecule has 1 aromatic heterocycles. The van der Waals surface area contributed by atoms with Crippen molar-refractivity contribution < 1.29 is 13.9 Å². The van der Waals surface area contributed by atoms with Gasteiger partial charge in [0.2, 0.25) is 0 Å². The molecule has 148 valence electrons.